The normalized spacial score (nSPS) is 19.4. The van der Waals surface area contributed by atoms with Crippen LogP contribution in [0.25, 0.3) is 0 Å². The summed E-state index contributed by atoms with van der Waals surface area (Å²) in [5.41, 5.74) is 2.28. The van der Waals surface area contributed by atoms with E-state index in [-0.39, 0.29) is 11.8 Å². The summed E-state index contributed by atoms with van der Waals surface area (Å²) in [6.07, 6.45) is 3.22. The third-order valence-corrected chi connectivity index (χ3v) is 4.31. The maximum Gasteiger partial charge on any atom is 0.148 e. The van der Waals surface area contributed by atoms with E-state index < -0.39 is 9.84 Å². The minimum Gasteiger partial charge on any atom is -0.493 e. The molecule has 1 aromatic rings. The van der Waals surface area contributed by atoms with Gasteiger partial charge in [0.05, 0.1) is 12.4 Å². The van der Waals surface area contributed by atoms with E-state index in [1.54, 1.807) is 0 Å². The van der Waals surface area contributed by atoms with Gasteiger partial charge in [-0.05, 0) is 25.3 Å². The highest BCUT2D eigenvalue weighted by molar-refractivity contribution is 7.90. The highest BCUT2D eigenvalue weighted by Gasteiger charge is 2.20. The van der Waals surface area contributed by atoms with Gasteiger partial charge in [0.2, 0.25) is 0 Å². The molecule has 0 fully saturated rings. The summed E-state index contributed by atoms with van der Waals surface area (Å²) in [6.45, 7) is 3.25. The van der Waals surface area contributed by atoms with Crippen molar-refractivity contribution in [1.82, 2.24) is 5.32 Å². The topological polar surface area (TPSA) is 55.4 Å². The van der Waals surface area contributed by atoms with Crippen LogP contribution in [0.4, 0.5) is 0 Å². The molecule has 1 N–H and O–H groups in total. The highest BCUT2D eigenvalue weighted by Crippen LogP contribution is 2.33. The summed E-state index contributed by atoms with van der Waals surface area (Å²) in [4.78, 5) is 0. The predicted molar refractivity (Wildman–Crippen MR) is 76.4 cm³/mol. The van der Waals surface area contributed by atoms with Crippen molar-refractivity contribution in [3.05, 3.63) is 29.3 Å². The molecule has 1 aliphatic rings. The van der Waals surface area contributed by atoms with Crippen LogP contribution in [-0.4, -0.2) is 33.6 Å². The number of benzene rings is 1. The molecule has 1 heterocycles. The number of sulfone groups is 1. The average Bonchev–Trinajstić information content (AvgIpc) is 2.52. The highest BCUT2D eigenvalue weighted by atomic mass is 32.2. The van der Waals surface area contributed by atoms with Gasteiger partial charge in [-0.25, -0.2) is 8.42 Å². The van der Waals surface area contributed by atoms with E-state index in [9.17, 15) is 8.42 Å². The lowest BCUT2D eigenvalue weighted by Gasteiger charge is -2.19. The number of fused-ring (bicyclic) bond motifs is 1. The second-order valence-corrected chi connectivity index (χ2v) is 7.38. The van der Waals surface area contributed by atoms with Crippen LogP contribution >= 0.6 is 0 Å². The lowest BCUT2D eigenvalue weighted by molar-refractivity contribution is 0.313. The third kappa shape index (κ3) is 3.94. The van der Waals surface area contributed by atoms with Crippen molar-refractivity contribution >= 4 is 9.84 Å². The van der Waals surface area contributed by atoms with E-state index in [0.717, 1.165) is 36.3 Å². The summed E-state index contributed by atoms with van der Waals surface area (Å²) in [7, 11) is -2.91. The third-order valence-electron chi connectivity index (χ3n) is 3.36. The molecule has 1 aliphatic heterocycles. The molecule has 0 aromatic heterocycles. The number of para-hydroxylation sites is 1. The Morgan fingerprint density at radius 1 is 1.42 bits per heavy atom. The molecule has 1 unspecified atom stereocenters. The van der Waals surface area contributed by atoms with E-state index in [0.29, 0.717) is 6.54 Å². The van der Waals surface area contributed by atoms with E-state index in [4.69, 9.17) is 4.74 Å². The summed E-state index contributed by atoms with van der Waals surface area (Å²) in [6, 6.07) is 6.30. The first-order valence-electron chi connectivity index (χ1n) is 6.61. The lowest BCUT2D eigenvalue weighted by atomic mass is 10.00. The van der Waals surface area contributed by atoms with Crippen LogP contribution in [0.5, 0.6) is 5.75 Å². The Bertz CT molecular complexity index is 540. The molecule has 0 amide bonds. The number of nitrogens with one attached hydrogen (secondary N) is 1. The number of hydrogen-bond donors (Lipinski definition) is 1. The van der Waals surface area contributed by atoms with E-state index in [2.05, 4.69) is 11.4 Å². The van der Waals surface area contributed by atoms with Crippen molar-refractivity contribution in [3.63, 3.8) is 0 Å². The Labute approximate surface area is 115 Å². The van der Waals surface area contributed by atoms with Gasteiger partial charge in [0.15, 0.2) is 0 Å². The van der Waals surface area contributed by atoms with Gasteiger partial charge in [0.1, 0.15) is 15.6 Å². The standard InChI is InChI=1S/C14H21NO3S/c1-11-5-3-6-12-13(7-4-9-18-14(11)12)15-8-10-19(2,16)17/h3,5-6,13,15H,4,7-10H2,1-2H3. The Morgan fingerprint density at radius 2 is 2.21 bits per heavy atom. The van der Waals surface area contributed by atoms with Gasteiger partial charge in [-0.1, -0.05) is 18.2 Å². The van der Waals surface area contributed by atoms with Crippen LogP contribution in [0.15, 0.2) is 18.2 Å². The molecule has 106 valence electrons. The van der Waals surface area contributed by atoms with Crippen LogP contribution in [0.2, 0.25) is 0 Å². The average molecular weight is 283 g/mol. The van der Waals surface area contributed by atoms with Crippen LogP contribution in [0, 0.1) is 6.92 Å². The molecule has 19 heavy (non-hydrogen) atoms. The Balaban J connectivity index is 2.12. The van der Waals surface area contributed by atoms with Crippen molar-refractivity contribution in [1.29, 1.82) is 0 Å². The molecule has 4 nitrogen and oxygen atoms in total. The van der Waals surface area contributed by atoms with Gasteiger partial charge in [-0.3, -0.25) is 0 Å². The molecule has 0 saturated heterocycles. The fourth-order valence-electron chi connectivity index (χ4n) is 2.39. The minimum atomic E-state index is -2.91. The molecular weight excluding hydrogens is 262 g/mol. The molecule has 5 heteroatoms. The van der Waals surface area contributed by atoms with Gasteiger partial charge in [-0.15, -0.1) is 0 Å². The Hall–Kier alpha value is -1.07. The summed E-state index contributed by atoms with van der Waals surface area (Å²) >= 11 is 0. The molecule has 0 saturated carbocycles. The monoisotopic (exact) mass is 283 g/mol. The van der Waals surface area contributed by atoms with Crippen LogP contribution in [0.3, 0.4) is 0 Å². The predicted octanol–water partition coefficient (Wildman–Crippen LogP) is 1.84. The number of ether oxygens (including phenoxy) is 1. The fourth-order valence-corrected chi connectivity index (χ4v) is 2.88. The minimum absolute atomic E-state index is 0.172. The first-order chi connectivity index (χ1) is 8.97. The Kier molecular flexibility index (Phi) is 4.47. The van der Waals surface area contributed by atoms with Crippen molar-refractivity contribution < 1.29 is 13.2 Å². The van der Waals surface area contributed by atoms with E-state index in [1.165, 1.54) is 6.26 Å². The van der Waals surface area contributed by atoms with Crippen LogP contribution < -0.4 is 10.1 Å². The fraction of sp³-hybridized carbons (Fsp3) is 0.571. The van der Waals surface area contributed by atoms with Crippen molar-refractivity contribution in [2.24, 2.45) is 0 Å². The van der Waals surface area contributed by atoms with Crippen molar-refractivity contribution in [2.45, 2.75) is 25.8 Å². The van der Waals surface area contributed by atoms with Crippen LogP contribution in [-0.2, 0) is 9.84 Å². The molecule has 0 aliphatic carbocycles. The van der Waals surface area contributed by atoms with Crippen LogP contribution in [0.1, 0.15) is 30.0 Å². The van der Waals surface area contributed by atoms with Gasteiger partial charge in [0, 0.05) is 24.4 Å². The van der Waals surface area contributed by atoms with Crippen molar-refractivity contribution in [3.8, 4) is 5.75 Å². The van der Waals surface area contributed by atoms with E-state index >= 15 is 0 Å². The van der Waals surface area contributed by atoms with E-state index in [1.807, 2.05) is 19.1 Å². The second kappa shape index (κ2) is 5.92. The zero-order valence-electron chi connectivity index (χ0n) is 11.5. The molecule has 1 aromatic carbocycles. The Morgan fingerprint density at radius 3 is 2.95 bits per heavy atom. The SMILES string of the molecule is Cc1cccc2c1OCCCC2NCCS(C)(=O)=O. The zero-order chi connectivity index (χ0) is 13.9. The van der Waals surface area contributed by atoms with Gasteiger partial charge in [-0.2, -0.15) is 0 Å². The molecule has 1 atom stereocenters. The molecule has 0 bridgehead atoms. The lowest BCUT2D eigenvalue weighted by Crippen LogP contribution is -2.26. The summed E-state index contributed by atoms with van der Waals surface area (Å²) in [5, 5.41) is 3.34. The first kappa shape index (κ1) is 14.3. The molecule has 2 rings (SSSR count). The second-order valence-electron chi connectivity index (χ2n) is 5.12. The van der Waals surface area contributed by atoms with Gasteiger partial charge in [0.25, 0.3) is 0 Å². The maximum atomic E-state index is 11.2. The molecule has 0 radical (unpaired) electrons. The smallest absolute Gasteiger partial charge is 0.148 e. The first-order valence-corrected chi connectivity index (χ1v) is 8.67. The number of aryl methyl sites for hydroxylation is 1. The molecular formula is C14H21NO3S. The maximum absolute atomic E-state index is 11.2. The largest absolute Gasteiger partial charge is 0.493 e. The number of hydrogen-bond acceptors (Lipinski definition) is 4. The van der Waals surface area contributed by atoms with Gasteiger partial charge < -0.3 is 10.1 Å². The van der Waals surface area contributed by atoms with Gasteiger partial charge >= 0.3 is 0 Å². The number of rotatable bonds is 4. The molecule has 0 spiro atoms. The summed E-state index contributed by atoms with van der Waals surface area (Å²) in [5.74, 6) is 1.13. The quantitative estimate of drug-likeness (QED) is 0.916. The van der Waals surface area contributed by atoms with Crippen molar-refractivity contribution in [2.75, 3.05) is 25.2 Å². The summed E-state index contributed by atoms with van der Waals surface area (Å²) < 4.78 is 28.2. The zero-order valence-corrected chi connectivity index (χ0v) is 12.3.